The summed E-state index contributed by atoms with van der Waals surface area (Å²) in [6.07, 6.45) is 3.67. The number of aromatic nitrogens is 1. The summed E-state index contributed by atoms with van der Waals surface area (Å²) in [6.45, 7) is 6.28. The van der Waals surface area contributed by atoms with Crippen LogP contribution in [-0.4, -0.2) is 24.0 Å². The summed E-state index contributed by atoms with van der Waals surface area (Å²) in [5, 5.41) is 3.91. The van der Waals surface area contributed by atoms with Gasteiger partial charge in [0.1, 0.15) is 5.75 Å². The molecule has 4 nitrogen and oxygen atoms in total. The van der Waals surface area contributed by atoms with Crippen LogP contribution < -0.4 is 10.1 Å². The standard InChI is InChI=1S/C23H27ClN2O2/c1-13-5-8-19(25-12-13)20-17(16-7-6-15(28-4)11-18(16)24)9-10-23(3)21(20)14(2)26-22(23)27/h5-8,11-12,14,17,20-21H,9-10H2,1-4H3,(H,26,27). The lowest BCUT2D eigenvalue weighted by molar-refractivity contribution is -0.129. The van der Waals surface area contributed by atoms with Gasteiger partial charge >= 0.3 is 0 Å². The highest BCUT2D eigenvalue weighted by molar-refractivity contribution is 6.31. The largest absolute Gasteiger partial charge is 0.497 e. The molecule has 0 radical (unpaired) electrons. The third-order valence-electron chi connectivity index (χ3n) is 6.83. The van der Waals surface area contributed by atoms with Gasteiger partial charge in [0.25, 0.3) is 0 Å². The van der Waals surface area contributed by atoms with Gasteiger partial charge in [-0.3, -0.25) is 9.78 Å². The first-order valence-corrected chi connectivity index (χ1v) is 10.3. The highest BCUT2D eigenvalue weighted by Crippen LogP contribution is 2.58. The van der Waals surface area contributed by atoms with Gasteiger partial charge in [0.05, 0.1) is 12.5 Å². The number of benzene rings is 1. The van der Waals surface area contributed by atoms with Crippen LogP contribution >= 0.6 is 11.6 Å². The second-order valence-electron chi connectivity index (χ2n) is 8.52. The molecule has 1 saturated heterocycles. The van der Waals surface area contributed by atoms with Crippen LogP contribution in [0.1, 0.15) is 55.3 Å². The number of fused-ring (bicyclic) bond motifs is 1. The number of halogens is 1. The molecule has 4 rings (SSSR count). The van der Waals surface area contributed by atoms with Gasteiger partial charge in [-0.2, -0.15) is 0 Å². The number of rotatable bonds is 3. The Balaban J connectivity index is 1.84. The molecule has 2 fully saturated rings. The quantitative estimate of drug-likeness (QED) is 0.803. The van der Waals surface area contributed by atoms with Crippen molar-refractivity contribution in [3.05, 3.63) is 58.4 Å². The van der Waals surface area contributed by atoms with Crippen LogP contribution in [0.15, 0.2) is 36.5 Å². The van der Waals surface area contributed by atoms with E-state index in [1.54, 1.807) is 7.11 Å². The predicted molar refractivity (Wildman–Crippen MR) is 111 cm³/mol. The number of hydrogen-bond donors (Lipinski definition) is 1. The number of nitrogens with one attached hydrogen (secondary N) is 1. The van der Waals surface area contributed by atoms with Crippen molar-refractivity contribution >= 4 is 17.5 Å². The first-order valence-electron chi connectivity index (χ1n) is 9.92. The normalized spacial score (nSPS) is 32.0. The van der Waals surface area contributed by atoms with Crippen molar-refractivity contribution in [2.24, 2.45) is 11.3 Å². The van der Waals surface area contributed by atoms with Crippen molar-refractivity contribution in [2.45, 2.75) is 51.5 Å². The molecule has 0 spiro atoms. The Morgan fingerprint density at radius 3 is 2.71 bits per heavy atom. The third-order valence-corrected chi connectivity index (χ3v) is 7.16. The lowest BCUT2D eigenvalue weighted by atomic mass is 9.56. The van der Waals surface area contributed by atoms with E-state index in [1.807, 2.05) is 25.3 Å². The molecule has 148 valence electrons. The van der Waals surface area contributed by atoms with Gasteiger partial charge in [-0.1, -0.05) is 30.7 Å². The molecule has 5 atom stereocenters. The second-order valence-corrected chi connectivity index (χ2v) is 8.93. The highest BCUT2D eigenvalue weighted by Gasteiger charge is 2.58. The Hall–Kier alpha value is -2.07. The molecular weight excluding hydrogens is 372 g/mol. The van der Waals surface area contributed by atoms with Gasteiger partial charge in [-0.15, -0.1) is 0 Å². The Labute approximate surface area is 171 Å². The molecule has 1 saturated carbocycles. The van der Waals surface area contributed by atoms with Crippen LogP contribution in [0.2, 0.25) is 5.02 Å². The van der Waals surface area contributed by atoms with Crippen molar-refractivity contribution < 1.29 is 9.53 Å². The molecule has 1 aromatic carbocycles. The van der Waals surface area contributed by atoms with Crippen LogP contribution in [-0.2, 0) is 4.79 Å². The van der Waals surface area contributed by atoms with E-state index in [2.05, 4.69) is 37.4 Å². The summed E-state index contributed by atoms with van der Waals surface area (Å²) in [5.74, 6) is 1.43. The maximum Gasteiger partial charge on any atom is 0.226 e. The van der Waals surface area contributed by atoms with Gasteiger partial charge in [0.15, 0.2) is 0 Å². The van der Waals surface area contributed by atoms with E-state index in [9.17, 15) is 4.79 Å². The van der Waals surface area contributed by atoms with Crippen LogP contribution in [0, 0.1) is 18.3 Å². The van der Waals surface area contributed by atoms with E-state index >= 15 is 0 Å². The minimum Gasteiger partial charge on any atom is -0.497 e. The number of methoxy groups -OCH3 is 1. The van der Waals surface area contributed by atoms with E-state index in [-0.39, 0.29) is 35.1 Å². The van der Waals surface area contributed by atoms with Crippen molar-refractivity contribution in [2.75, 3.05) is 7.11 Å². The van der Waals surface area contributed by atoms with Crippen molar-refractivity contribution in [3.63, 3.8) is 0 Å². The maximum absolute atomic E-state index is 12.8. The monoisotopic (exact) mass is 398 g/mol. The lowest BCUT2D eigenvalue weighted by Gasteiger charge is -2.45. The van der Waals surface area contributed by atoms with Crippen molar-refractivity contribution in [1.82, 2.24) is 10.3 Å². The molecule has 1 aromatic heterocycles. The summed E-state index contributed by atoms with van der Waals surface area (Å²) in [6, 6.07) is 10.2. The molecule has 5 unspecified atom stereocenters. The van der Waals surface area contributed by atoms with E-state index in [4.69, 9.17) is 21.3 Å². The number of ether oxygens (including phenoxy) is 1. The van der Waals surface area contributed by atoms with Crippen LogP contribution in [0.4, 0.5) is 0 Å². The van der Waals surface area contributed by atoms with Gasteiger partial charge in [0, 0.05) is 34.8 Å². The van der Waals surface area contributed by atoms with Crippen LogP contribution in [0.3, 0.4) is 0 Å². The zero-order valence-corrected chi connectivity index (χ0v) is 17.6. The summed E-state index contributed by atoms with van der Waals surface area (Å²) in [7, 11) is 1.65. The summed E-state index contributed by atoms with van der Waals surface area (Å²) < 4.78 is 5.33. The Bertz CT molecular complexity index is 898. The van der Waals surface area contributed by atoms with E-state index < -0.39 is 0 Å². The molecule has 28 heavy (non-hydrogen) atoms. The predicted octanol–water partition coefficient (Wildman–Crippen LogP) is 4.85. The lowest BCUT2D eigenvalue weighted by Crippen LogP contribution is -2.42. The fraction of sp³-hybridized carbons (Fsp3) is 0.478. The Morgan fingerprint density at radius 2 is 2.07 bits per heavy atom. The molecule has 1 amide bonds. The van der Waals surface area contributed by atoms with Crippen LogP contribution in [0.25, 0.3) is 0 Å². The van der Waals surface area contributed by atoms with Gasteiger partial charge in [0.2, 0.25) is 5.91 Å². The molecule has 2 heterocycles. The fourth-order valence-electron chi connectivity index (χ4n) is 5.39. The van der Waals surface area contributed by atoms with Gasteiger partial charge < -0.3 is 10.1 Å². The zero-order valence-electron chi connectivity index (χ0n) is 16.8. The first kappa shape index (κ1) is 19.3. The summed E-state index contributed by atoms with van der Waals surface area (Å²) in [4.78, 5) is 17.6. The molecular formula is C23H27ClN2O2. The number of carbonyl (C=O) groups is 1. The van der Waals surface area contributed by atoms with E-state index in [0.29, 0.717) is 0 Å². The average molecular weight is 399 g/mol. The molecule has 5 heteroatoms. The molecule has 2 aliphatic rings. The smallest absolute Gasteiger partial charge is 0.226 e. The van der Waals surface area contributed by atoms with E-state index in [1.165, 1.54) is 0 Å². The molecule has 1 aliphatic heterocycles. The van der Waals surface area contributed by atoms with Crippen LogP contribution in [0.5, 0.6) is 5.75 Å². The SMILES string of the molecule is COc1ccc(C2CCC3(C)C(=O)NC(C)C3C2c2ccc(C)cn2)c(Cl)c1. The Kier molecular flexibility index (Phi) is 4.86. The fourth-order valence-corrected chi connectivity index (χ4v) is 5.70. The number of amides is 1. The van der Waals surface area contributed by atoms with Gasteiger partial charge in [-0.05, 0) is 61.9 Å². The number of nitrogens with zero attached hydrogens (tertiary/aromatic N) is 1. The first-order chi connectivity index (χ1) is 13.3. The molecule has 1 N–H and O–H groups in total. The van der Waals surface area contributed by atoms with E-state index in [0.717, 1.165) is 40.4 Å². The number of pyridine rings is 1. The summed E-state index contributed by atoms with van der Waals surface area (Å²) in [5.41, 5.74) is 2.92. The highest BCUT2D eigenvalue weighted by atomic mass is 35.5. The van der Waals surface area contributed by atoms with Gasteiger partial charge in [-0.25, -0.2) is 0 Å². The molecule has 1 aliphatic carbocycles. The van der Waals surface area contributed by atoms with Crippen molar-refractivity contribution in [3.8, 4) is 5.75 Å². The maximum atomic E-state index is 12.8. The second kappa shape index (κ2) is 7.07. The van der Waals surface area contributed by atoms with Crippen molar-refractivity contribution in [1.29, 1.82) is 0 Å². The summed E-state index contributed by atoms with van der Waals surface area (Å²) >= 11 is 6.68. The number of hydrogen-bond acceptors (Lipinski definition) is 3. The zero-order chi connectivity index (χ0) is 20.1. The third kappa shape index (κ3) is 2.98. The topological polar surface area (TPSA) is 51.2 Å². The minimum atomic E-state index is -0.369. The molecule has 0 bridgehead atoms. The Morgan fingerprint density at radius 1 is 1.29 bits per heavy atom. The minimum absolute atomic E-state index is 0.102. The number of carbonyl (C=O) groups excluding carboxylic acids is 1. The molecule has 2 aromatic rings. The average Bonchev–Trinajstić information content (AvgIpc) is 2.91. The number of aryl methyl sites for hydroxylation is 1.